The Balaban J connectivity index is 2.22. The van der Waals surface area contributed by atoms with Crippen LogP contribution in [0.4, 0.5) is 0 Å². The molecule has 0 aliphatic rings. The lowest BCUT2D eigenvalue weighted by molar-refractivity contribution is 0.0951. The molecule has 0 unspecified atom stereocenters. The predicted octanol–water partition coefficient (Wildman–Crippen LogP) is 2.92. The van der Waals surface area contributed by atoms with Gasteiger partial charge in [0, 0.05) is 6.54 Å². The minimum atomic E-state index is -0.0835. The third-order valence-electron chi connectivity index (χ3n) is 1.92. The smallest absolute Gasteiger partial charge is 0.255 e. The minimum Gasteiger partial charge on any atom is -0.457 e. The molecule has 0 aromatic carbocycles. The number of carbonyl (C=O) groups is 1. The largest absolute Gasteiger partial charge is 0.457 e. The van der Waals surface area contributed by atoms with Gasteiger partial charge in [0.2, 0.25) is 0 Å². The van der Waals surface area contributed by atoms with E-state index in [4.69, 9.17) is 4.42 Å². The molecule has 0 saturated heterocycles. The standard InChI is InChI=1S/C10H14BrNO2S/c1-15-7-3-2-5-12-10(13)8-4-6-14-9(8)11/h4,6H,2-3,5,7H2,1H3,(H,12,13). The van der Waals surface area contributed by atoms with Gasteiger partial charge in [-0.1, -0.05) is 0 Å². The summed E-state index contributed by atoms with van der Waals surface area (Å²) in [5, 5.41) is 2.85. The Labute approximate surface area is 102 Å². The van der Waals surface area contributed by atoms with E-state index < -0.39 is 0 Å². The van der Waals surface area contributed by atoms with Crippen LogP contribution in [0.3, 0.4) is 0 Å². The number of rotatable bonds is 6. The van der Waals surface area contributed by atoms with Crippen molar-refractivity contribution < 1.29 is 9.21 Å². The van der Waals surface area contributed by atoms with Crippen molar-refractivity contribution in [2.75, 3.05) is 18.6 Å². The molecule has 1 aromatic rings. The van der Waals surface area contributed by atoms with E-state index in [0.717, 1.165) is 25.1 Å². The first-order valence-corrected chi connectivity index (χ1v) is 6.94. The number of furan rings is 1. The molecule has 1 heterocycles. The summed E-state index contributed by atoms with van der Waals surface area (Å²) >= 11 is 5.00. The van der Waals surface area contributed by atoms with Gasteiger partial charge in [-0.15, -0.1) is 0 Å². The molecular weight excluding hydrogens is 278 g/mol. The van der Waals surface area contributed by atoms with E-state index in [-0.39, 0.29) is 5.91 Å². The number of amides is 1. The van der Waals surface area contributed by atoms with Gasteiger partial charge in [0.25, 0.3) is 5.91 Å². The maximum absolute atomic E-state index is 11.6. The summed E-state index contributed by atoms with van der Waals surface area (Å²) in [4.78, 5) is 11.6. The highest BCUT2D eigenvalue weighted by Crippen LogP contribution is 2.16. The van der Waals surface area contributed by atoms with Gasteiger partial charge in [-0.2, -0.15) is 11.8 Å². The Morgan fingerprint density at radius 2 is 2.40 bits per heavy atom. The fourth-order valence-electron chi connectivity index (χ4n) is 1.12. The highest BCUT2D eigenvalue weighted by molar-refractivity contribution is 9.10. The number of hydrogen-bond acceptors (Lipinski definition) is 3. The average Bonchev–Trinajstić information content (AvgIpc) is 2.64. The third-order valence-corrected chi connectivity index (χ3v) is 3.23. The molecular formula is C10H14BrNO2S. The van der Waals surface area contributed by atoms with Crippen molar-refractivity contribution in [2.45, 2.75) is 12.8 Å². The van der Waals surface area contributed by atoms with Crippen LogP contribution in [-0.4, -0.2) is 24.5 Å². The summed E-state index contributed by atoms with van der Waals surface area (Å²) in [6.07, 6.45) is 5.73. The van der Waals surface area contributed by atoms with Crippen molar-refractivity contribution in [1.82, 2.24) is 5.32 Å². The number of carbonyl (C=O) groups excluding carboxylic acids is 1. The fraction of sp³-hybridized carbons (Fsp3) is 0.500. The molecule has 3 nitrogen and oxygen atoms in total. The van der Waals surface area contributed by atoms with Crippen LogP contribution in [0.25, 0.3) is 0 Å². The molecule has 0 fully saturated rings. The number of unbranched alkanes of at least 4 members (excludes halogenated alkanes) is 1. The molecule has 1 amide bonds. The van der Waals surface area contributed by atoms with Crippen LogP contribution in [0.5, 0.6) is 0 Å². The lowest BCUT2D eigenvalue weighted by atomic mass is 10.3. The zero-order chi connectivity index (χ0) is 11.1. The van der Waals surface area contributed by atoms with E-state index in [1.165, 1.54) is 6.26 Å². The van der Waals surface area contributed by atoms with Gasteiger partial charge in [-0.25, -0.2) is 0 Å². The first kappa shape index (κ1) is 12.6. The Bertz CT molecular complexity index is 314. The number of hydrogen-bond donors (Lipinski definition) is 1. The summed E-state index contributed by atoms with van der Waals surface area (Å²) in [7, 11) is 0. The molecule has 1 aromatic heterocycles. The zero-order valence-electron chi connectivity index (χ0n) is 8.59. The number of halogens is 1. The highest BCUT2D eigenvalue weighted by Gasteiger charge is 2.11. The van der Waals surface area contributed by atoms with Crippen molar-refractivity contribution in [3.05, 3.63) is 22.6 Å². The van der Waals surface area contributed by atoms with Crippen LogP contribution in [0.1, 0.15) is 23.2 Å². The van der Waals surface area contributed by atoms with E-state index >= 15 is 0 Å². The highest BCUT2D eigenvalue weighted by atomic mass is 79.9. The van der Waals surface area contributed by atoms with E-state index in [2.05, 4.69) is 27.5 Å². The molecule has 0 saturated carbocycles. The normalized spacial score (nSPS) is 10.3. The average molecular weight is 292 g/mol. The van der Waals surface area contributed by atoms with Gasteiger partial charge in [-0.05, 0) is 46.8 Å². The van der Waals surface area contributed by atoms with Crippen molar-refractivity contribution in [3.8, 4) is 0 Å². The lowest BCUT2D eigenvalue weighted by Gasteiger charge is -2.02. The Hall–Kier alpha value is -0.420. The Morgan fingerprint density at radius 1 is 1.60 bits per heavy atom. The van der Waals surface area contributed by atoms with Crippen molar-refractivity contribution in [1.29, 1.82) is 0 Å². The van der Waals surface area contributed by atoms with Crippen molar-refractivity contribution in [3.63, 3.8) is 0 Å². The van der Waals surface area contributed by atoms with Crippen LogP contribution in [-0.2, 0) is 0 Å². The summed E-state index contributed by atoms with van der Waals surface area (Å²) in [6, 6.07) is 1.65. The molecule has 5 heteroatoms. The van der Waals surface area contributed by atoms with Crippen LogP contribution in [0, 0.1) is 0 Å². The lowest BCUT2D eigenvalue weighted by Crippen LogP contribution is -2.24. The topological polar surface area (TPSA) is 42.2 Å². The molecule has 84 valence electrons. The molecule has 1 rings (SSSR count). The van der Waals surface area contributed by atoms with E-state index in [1.54, 1.807) is 6.07 Å². The molecule has 0 aliphatic heterocycles. The summed E-state index contributed by atoms with van der Waals surface area (Å²) in [6.45, 7) is 0.719. The van der Waals surface area contributed by atoms with Crippen LogP contribution in [0.2, 0.25) is 0 Å². The second kappa shape index (κ2) is 6.95. The van der Waals surface area contributed by atoms with Crippen molar-refractivity contribution >= 4 is 33.6 Å². The number of thioether (sulfide) groups is 1. The van der Waals surface area contributed by atoms with Crippen LogP contribution >= 0.6 is 27.7 Å². The molecule has 0 radical (unpaired) electrons. The zero-order valence-corrected chi connectivity index (χ0v) is 11.0. The summed E-state index contributed by atoms with van der Waals surface area (Å²) < 4.78 is 5.47. The van der Waals surface area contributed by atoms with Gasteiger partial charge in [0.15, 0.2) is 4.67 Å². The van der Waals surface area contributed by atoms with E-state index in [9.17, 15) is 4.79 Å². The van der Waals surface area contributed by atoms with Gasteiger partial charge < -0.3 is 9.73 Å². The third kappa shape index (κ3) is 4.30. The quantitative estimate of drug-likeness (QED) is 0.820. The van der Waals surface area contributed by atoms with Gasteiger partial charge in [0.1, 0.15) is 0 Å². The second-order valence-electron chi connectivity index (χ2n) is 3.06. The summed E-state index contributed by atoms with van der Waals surface area (Å²) in [5.41, 5.74) is 0.555. The minimum absolute atomic E-state index is 0.0835. The fourth-order valence-corrected chi connectivity index (χ4v) is 2.04. The maximum atomic E-state index is 11.6. The molecule has 15 heavy (non-hydrogen) atoms. The molecule has 0 atom stereocenters. The van der Waals surface area contributed by atoms with E-state index in [1.807, 2.05) is 11.8 Å². The van der Waals surface area contributed by atoms with Crippen molar-refractivity contribution in [2.24, 2.45) is 0 Å². The molecule has 0 spiro atoms. The molecule has 0 aliphatic carbocycles. The first-order valence-electron chi connectivity index (χ1n) is 4.76. The van der Waals surface area contributed by atoms with Gasteiger partial charge >= 0.3 is 0 Å². The first-order chi connectivity index (χ1) is 7.25. The molecule has 0 bridgehead atoms. The second-order valence-corrected chi connectivity index (χ2v) is 4.77. The number of nitrogens with one attached hydrogen (secondary N) is 1. The molecule has 1 N–H and O–H groups in total. The maximum Gasteiger partial charge on any atom is 0.255 e. The predicted molar refractivity (Wildman–Crippen MR) is 66.4 cm³/mol. The van der Waals surface area contributed by atoms with Crippen LogP contribution in [0.15, 0.2) is 21.4 Å². The van der Waals surface area contributed by atoms with Gasteiger partial charge in [-0.3, -0.25) is 4.79 Å². The van der Waals surface area contributed by atoms with Gasteiger partial charge in [0.05, 0.1) is 11.8 Å². The van der Waals surface area contributed by atoms with E-state index in [0.29, 0.717) is 10.2 Å². The Morgan fingerprint density at radius 3 is 3.00 bits per heavy atom. The Kier molecular flexibility index (Phi) is 5.86. The summed E-state index contributed by atoms with van der Waals surface area (Å²) in [5.74, 6) is 1.06. The monoisotopic (exact) mass is 291 g/mol. The SMILES string of the molecule is CSCCCCNC(=O)c1ccoc1Br. The van der Waals surface area contributed by atoms with Crippen LogP contribution < -0.4 is 5.32 Å².